The summed E-state index contributed by atoms with van der Waals surface area (Å²) in [7, 11) is 2.04. The van der Waals surface area contributed by atoms with Crippen molar-refractivity contribution in [1.29, 1.82) is 0 Å². The van der Waals surface area contributed by atoms with Crippen molar-refractivity contribution < 1.29 is 0 Å². The molecule has 0 unspecified atom stereocenters. The molecule has 0 saturated carbocycles. The summed E-state index contributed by atoms with van der Waals surface area (Å²) in [5.41, 5.74) is 1.05. The van der Waals surface area contributed by atoms with Gasteiger partial charge in [-0.2, -0.15) is 0 Å². The zero-order valence-corrected chi connectivity index (χ0v) is 7.61. The zero-order valence-electron chi connectivity index (χ0n) is 5.45. The van der Waals surface area contributed by atoms with Crippen LogP contribution in [0.5, 0.6) is 0 Å². The molecule has 0 aliphatic carbocycles. The molecule has 0 bridgehead atoms. The van der Waals surface area contributed by atoms with Gasteiger partial charge in [0.15, 0.2) is 5.82 Å². The molecule has 2 heterocycles. The van der Waals surface area contributed by atoms with Gasteiger partial charge in [0.2, 0.25) is 0 Å². The van der Waals surface area contributed by atoms with E-state index >= 15 is 0 Å². The number of hydrogen-bond donors (Lipinski definition) is 0. The summed E-state index contributed by atoms with van der Waals surface area (Å²) in [4.78, 5) is 4.20. The minimum Gasteiger partial charge on any atom is -0.291 e. The topological polar surface area (TPSA) is 28.5 Å². The van der Waals surface area contributed by atoms with Gasteiger partial charge >= 0.3 is 0 Å². The molecule has 0 radical (unpaired) electrons. The first-order valence-electron chi connectivity index (χ1n) is 2.92. The molecule has 1 aliphatic rings. The Balaban J connectivity index is 2.59. The Morgan fingerprint density at radius 1 is 1.60 bits per heavy atom. The van der Waals surface area contributed by atoms with E-state index in [-0.39, 0.29) is 21.3 Å². The van der Waals surface area contributed by atoms with Crippen LogP contribution in [0.25, 0.3) is 0 Å². The maximum atomic E-state index is 4.35. The highest BCUT2D eigenvalue weighted by Crippen LogP contribution is 2.38. The third-order valence-corrected chi connectivity index (χ3v) is 3.14. The highest BCUT2D eigenvalue weighted by molar-refractivity contribution is 14.2. The van der Waals surface area contributed by atoms with Crippen LogP contribution in [-0.2, 0) is 0 Å². The van der Waals surface area contributed by atoms with Gasteiger partial charge in [-0.25, -0.2) is 8.13 Å². The van der Waals surface area contributed by atoms with Crippen molar-refractivity contribution in [3.05, 3.63) is 18.3 Å². The molecule has 10 heavy (non-hydrogen) atoms. The van der Waals surface area contributed by atoms with Crippen molar-refractivity contribution in [2.75, 3.05) is 10.2 Å². The lowest BCUT2D eigenvalue weighted by Gasteiger charge is -2.03. The first kappa shape index (κ1) is 6.21. The minimum atomic E-state index is -0.154. The van der Waals surface area contributed by atoms with Crippen LogP contribution in [0.1, 0.15) is 0 Å². The van der Waals surface area contributed by atoms with Crippen LogP contribution in [0, 0.1) is 0 Å². The van der Waals surface area contributed by atoms with E-state index in [1.807, 2.05) is 19.2 Å². The van der Waals surface area contributed by atoms with Crippen LogP contribution in [0.3, 0.4) is 0 Å². The van der Waals surface area contributed by atoms with E-state index in [9.17, 15) is 0 Å². The number of anilines is 1. The van der Waals surface area contributed by atoms with Crippen molar-refractivity contribution in [2.45, 2.75) is 0 Å². The largest absolute Gasteiger partial charge is 0.291 e. The van der Waals surface area contributed by atoms with E-state index in [1.165, 1.54) is 0 Å². The van der Waals surface area contributed by atoms with Gasteiger partial charge in [0, 0.05) is 13.2 Å². The van der Waals surface area contributed by atoms with E-state index in [4.69, 9.17) is 0 Å². The second-order valence-corrected chi connectivity index (χ2v) is 4.34. The third-order valence-electron chi connectivity index (χ3n) is 1.30. The van der Waals surface area contributed by atoms with Crippen LogP contribution >= 0.6 is 21.3 Å². The van der Waals surface area contributed by atoms with Crippen molar-refractivity contribution in [3.8, 4) is 0 Å². The molecule has 52 valence electrons. The monoisotopic (exact) mass is 247 g/mol. The minimum absolute atomic E-state index is 0.154. The average molecular weight is 247 g/mol. The van der Waals surface area contributed by atoms with Gasteiger partial charge in [-0.1, -0.05) is 0 Å². The van der Waals surface area contributed by atoms with Crippen molar-refractivity contribution in [2.24, 2.45) is 3.15 Å². The number of pyridine rings is 1. The van der Waals surface area contributed by atoms with Gasteiger partial charge in [0.25, 0.3) is 0 Å². The molecule has 0 fully saturated rings. The fourth-order valence-corrected chi connectivity index (χ4v) is 2.33. The molecule has 0 N–H and O–H groups in total. The highest BCUT2D eigenvalue weighted by atomic mass is 127. The van der Waals surface area contributed by atoms with Crippen LogP contribution in [-0.4, -0.2) is 12.0 Å². The standard InChI is InChI=1S/C6H6IN3/c1-10-6-5(9-7-10)3-2-4-8-6/h2-4H,1H3. The van der Waals surface area contributed by atoms with Crippen molar-refractivity contribution >= 4 is 32.8 Å². The molecule has 2 rings (SSSR count). The molecule has 1 aliphatic heterocycles. The molecule has 0 spiro atoms. The van der Waals surface area contributed by atoms with Gasteiger partial charge in [-0.05, 0) is 12.1 Å². The fourth-order valence-electron chi connectivity index (χ4n) is 0.825. The summed E-state index contributed by atoms with van der Waals surface area (Å²) in [6, 6.07) is 3.93. The summed E-state index contributed by atoms with van der Waals surface area (Å²) in [5.74, 6) is 1.04. The first-order chi connectivity index (χ1) is 4.88. The lowest BCUT2D eigenvalue weighted by molar-refractivity contribution is 1.24. The number of fused-ring (bicyclic) bond motifs is 1. The van der Waals surface area contributed by atoms with E-state index < -0.39 is 0 Å². The van der Waals surface area contributed by atoms with Gasteiger partial charge in [-0.15, -0.1) is 0 Å². The zero-order chi connectivity index (χ0) is 6.97. The number of aromatic nitrogens is 1. The summed E-state index contributed by atoms with van der Waals surface area (Å²) in [5, 5.41) is 0. The predicted octanol–water partition coefficient (Wildman–Crippen LogP) is 2.23. The summed E-state index contributed by atoms with van der Waals surface area (Å²) in [6.45, 7) is 0. The lowest BCUT2D eigenvalue weighted by atomic mass is 10.4. The smallest absolute Gasteiger partial charge is 0.164 e. The third kappa shape index (κ3) is 0.828. The maximum Gasteiger partial charge on any atom is 0.164 e. The molecular weight excluding hydrogens is 241 g/mol. The maximum absolute atomic E-state index is 4.35. The van der Waals surface area contributed by atoms with E-state index in [2.05, 4.69) is 11.2 Å². The molecule has 1 aromatic rings. The Hall–Kier alpha value is -0.520. The number of rotatable bonds is 0. The van der Waals surface area contributed by atoms with Crippen molar-refractivity contribution in [1.82, 2.24) is 4.98 Å². The van der Waals surface area contributed by atoms with E-state index in [0.29, 0.717) is 0 Å². The molecule has 0 saturated heterocycles. The van der Waals surface area contributed by atoms with Crippen LogP contribution in [0.15, 0.2) is 21.5 Å². The van der Waals surface area contributed by atoms with E-state index in [0.717, 1.165) is 11.5 Å². The van der Waals surface area contributed by atoms with Crippen LogP contribution in [0.2, 0.25) is 0 Å². The fraction of sp³-hybridized carbons (Fsp3) is 0.167. The van der Waals surface area contributed by atoms with Crippen LogP contribution < -0.4 is 3.11 Å². The Kier molecular flexibility index (Phi) is 1.40. The predicted molar refractivity (Wildman–Crippen MR) is 48.7 cm³/mol. The number of halogens is 1. The second kappa shape index (κ2) is 2.26. The molecule has 1 aromatic heterocycles. The summed E-state index contributed by atoms with van der Waals surface area (Å²) < 4.78 is 6.49. The van der Waals surface area contributed by atoms with Gasteiger partial charge in [0.05, 0.1) is 0 Å². The van der Waals surface area contributed by atoms with Crippen molar-refractivity contribution in [3.63, 3.8) is 0 Å². The Bertz CT molecular complexity index is 284. The second-order valence-electron chi connectivity index (χ2n) is 1.98. The Labute approximate surface area is 69.6 Å². The normalized spacial score (nSPS) is 14.7. The summed E-state index contributed by atoms with van der Waals surface area (Å²) >= 11 is -0.154. The molecular formula is C6H6IN3. The lowest BCUT2D eigenvalue weighted by Crippen LogP contribution is -1.99. The molecule has 0 aromatic carbocycles. The SMILES string of the molecule is CN1I=Nc2cccnc21. The van der Waals surface area contributed by atoms with Crippen LogP contribution in [0.4, 0.5) is 11.5 Å². The molecule has 0 atom stereocenters. The average Bonchev–Trinajstić information content (AvgIpc) is 2.34. The first-order valence-corrected chi connectivity index (χ1v) is 4.85. The van der Waals surface area contributed by atoms with Gasteiger partial charge < -0.3 is 0 Å². The van der Waals surface area contributed by atoms with E-state index in [1.54, 1.807) is 6.20 Å². The highest BCUT2D eigenvalue weighted by Gasteiger charge is 2.11. The molecule has 3 nitrogen and oxygen atoms in total. The Morgan fingerprint density at radius 3 is 3.30 bits per heavy atom. The molecule has 4 heteroatoms. The number of hydrogen-bond acceptors (Lipinski definition) is 3. The quantitative estimate of drug-likeness (QED) is 0.519. The van der Waals surface area contributed by atoms with Gasteiger partial charge in [0.1, 0.15) is 27.0 Å². The Morgan fingerprint density at radius 2 is 2.50 bits per heavy atom. The number of nitrogens with zero attached hydrogens (tertiary/aromatic N) is 3. The molecule has 0 amide bonds. The summed E-state index contributed by atoms with van der Waals surface area (Å²) in [6.07, 6.45) is 1.81. The van der Waals surface area contributed by atoms with Gasteiger partial charge in [-0.3, -0.25) is 3.11 Å².